The van der Waals surface area contributed by atoms with E-state index in [1.807, 2.05) is 12.3 Å². The van der Waals surface area contributed by atoms with Crippen LogP contribution in [-0.4, -0.2) is 22.0 Å². The fourth-order valence-electron chi connectivity index (χ4n) is 2.43. The molecule has 1 heterocycles. The summed E-state index contributed by atoms with van der Waals surface area (Å²) in [6, 6.07) is 4.39. The molecule has 1 saturated carbocycles. The van der Waals surface area contributed by atoms with Crippen molar-refractivity contribution >= 4 is 27.7 Å². The van der Waals surface area contributed by atoms with Crippen LogP contribution in [0.5, 0.6) is 0 Å². The van der Waals surface area contributed by atoms with Crippen molar-refractivity contribution in [1.29, 1.82) is 0 Å². The van der Waals surface area contributed by atoms with Crippen LogP contribution in [0.25, 0.3) is 0 Å². The molecule has 106 valence electrons. The molecule has 1 atom stereocenters. The van der Waals surface area contributed by atoms with Gasteiger partial charge in [-0.25, -0.2) is 0 Å². The quantitative estimate of drug-likeness (QED) is 0.614. The molecule has 0 bridgehead atoms. The van der Waals surface area contributed by atoms with Crippen LogP contribution in [0.2, 0.25) is 0 Å². The smallest absolute Gasteiger partial charge is 0.0420 e. The third-order valence-corrected chi connectivity index (χ3v) is 5.57. The van der Waals surface area contributed by atoms with Crippen LogP contribution in [0.3, 0.4) is 0 Å². The van der Waals surface area contributed by atoms with E-state index in [0.717, 1.165) is 27.6 Å². The van der Waals surface area contributed by atoms with Crippen LogP contribution in [-0.2, 0) is 6.42 Å². The molecule has 1 aliphatic carbocycles. The zero-order chi connectivity index (χ0) is 13.5. The van der Waals surface area contributed by atoms with Crippen molar-refractivity contribution in [3.8, 4) is 0 Å². The Morgan fingerprint density at radius 3 is 2.79 bits per heavy atom. The van der Waals surface area contributed by atoms with Gasteiger partial charge in [-0.1, -0.05) is 19.3 Å². The lowest BCUT2D eigenvalue weighted by atomic mass is 10.0. The van der Waals surface area contributed by atoms with Crippen molar-refractivity contribution in [3.63, 3.8) is 0 Å². The Kier molecular flexibility index (Phi) is 6.64. The fourth-order valence-corrected chi connectivity index (χ4v) is 4.05. The van der Waals surface area contributed by atoms with Crippen molar-refractivity contribution in [2.45, 2.75) is 49.8 Å². The predicted molar refractivity (Wildman–Crippen MR) is 86.1 cm³/mol. The minimum Gasteiger partial charge on any atom is -0.271 e. The molecule has 0 aliphatic heterocycles. The number of hydrogen-bond donors (Lipinski definition) is 2. The summed E-state index contributed by atoms with van der Waals surface area (Å²) in [6.45, 7) is 0. The Balaban J connectivity index is 1.77. The standard InChI is InChI=1S/C14H22BrN3S/c15-11-6-7-12(17-9-11)8-13(18-16)10-19-14-4-2-1-3-5-14/h6-7,9,13-14,18H,1-5,8,10,16H2. The van der Waals surface area contributed by atoms with Gasteiger partial charge in [-0.05, 0) is 40.9 Å². The Morgan fingerprint density at radius 2 is 2.16 bits per heavy atom. The van der Waals surface area contributed by atoms with Gasteiger partial charge in [0, 0.05) is 39.8 Å². The van der Waals surface area contributed by atoms with Crippen LogP contribution < -0.4 is 11.3 Å². The number of hydrazine groups is 1. The van der Waals surface area contributed by atoms with Crippen molar-refractivity contribution < 1.29 is 0 Å². The van der Waals surface area contributed by atoms with Gasteiger partial charge >= 0.3 is 0 Å². The van der Waals surface area contributed by atoms with E-state index >= 15 is 0 Å². The minimum absolute atomic E-state index is 0.306. The summed E-state index contributed by atoms with van der Waals surface area (Å²) in [4.78, 5) is 4.41. The van der Waals surface area contributed by atoms with Gasteiger partial charge in [0.2, 0.25) is 0 Å². The summed E-state index contributed by atoms with van der Waals surface area (Å²) in [5, 5.41) is 0.836. The molecule has 0 radical (unpaired) electrons. The number of nitrogens with two attached hydrogens (primary N) is 1. The summed E-state index contributed by atoms with van der Waals surface area (Å²) in [6.07, 6.45) is 9.69. The van der Waals surface area contributed by atoms with Crippen LogP contribution >= 0.6 is 27.7 Å². The number of hydrogen-bond acceptors (Lipinski definition) is 4. The Hall–Kier alpha value is -0.100. The monoisotopic (exact) mass is 343 g/mol. The maximum absolute atomic E-state index is 5.67. The highest BCUT2D eigenvalue weighted by molar-refractivity contribution is 9.10. The number of pyridine rings is 1. The van der Waals surface area contributed by atoms with E-state index in [0.29, 0.717) is 6.04 Å². The Labute approximate surface area is 128 Å². The topological polar surface area (TPSA) is 50.9 Å². The first-order valence-electron chi connectivity index (χ1n) is 6.96. The number of rotatable bonds is 6. The largest absolute Gasteiger partial charge is 0.271 e. The van der Waals surface area contributed by atoms with Crippen molar-refractivity contribution in [3.05, 3.63) is 28.5 Å². The molecular weight excluding hydrogens is 322 g/mol. The zero-order valence-electron chi connectivity index (χ0n) is 11.1. The minimum atomic E-state index is 0.306. The summed E-state index contributed by atoms with van der Waals surface area (Å²) in [5.74, 6) is 6.73. The molecule has 0 saturated heterocycles. The molecule has 5 heteroatoms. The van der Waals surface area contributed by atoms with Crippen LogP contribution in [0.1, 0.15) is 37.8 Å². The van der Waals surface area contributed by atoms with Gasteiger partial charge < -0.3 is 0 Å². The van der Waals surface area contributed by atoms with Gasteiger partial charge in [0.1, 0.15) is 0 Å². The first kappa shape index (κ1) is 15.3. The predicted octanol–water partition coefficient (Wildman–Crippen LogP) is 3.28. The molecule has 1 fully saturated rings. The van der Waals surface area contributed by atoms with Gasteiger partial charge in [-0.2, -0.15) is 11.8 Å². The van der Waals surface area contributed by atoms with E-state index in [1.165, 1.54) is 32.1 Å². The van der Waals surface area contributed by atoms with E-state index in [9.17, 15) is 0 Å². The van der Waals surface area contributed by atoms with E-state index < -0.39 is 0 Å². The molecule has 1 aromatic heterocycles. The molecule has 0 amide bonds. The molecule has 19 heavy (non-hydrogen) atoms. The maximum Gasteiger partial charge on any atom is 0.0420 e. The average Bonchev–Trinajstić information content (AvgIpc) is 2.46. The molecule has 1 aliphatic rings. The highest BCUT2D eigenvalue weighted by atomic mass is 79.9. The highest BCUT2D eigenvalue weighted by Crippen LogP contribution is 2.28. The molecule has 3 nitrogen and oxygen atoms in total. The van der Waals surface area contributed by atoms with Gasteiger partial charge in [0.05, 0.1) is 0 Å². The van der Waals surface area contributed by atoms with E-state index in [-0.39, 0.29) is 0 Å². The molecule has 1 unspecified atom stereocenters. The first-order valence-corrected chi connectivity index (χ1v) is 8.80. The maximum atomic E-state index is 5.67. The molecule has 0 aromatic carbocycles. The summed E-state index contributed by atoms with van der Waals surface area (Å²) in [5.41, 5.74) is 4.03. The molecule has 3 N–H and O–H groups in total. The van der Waals surface area contributed by atoms with Crippen molar-refractivity contribution in [1.82, 2.24) is 10.4 Å². The third kappa shape index (κ3) is 5.42. The second-order valence-electron chi connectivity index (χ2n) is 5.13. The third-order valence-electron chi connectivity index (χ3n) is 3.57. The molecule has 0 spiro atoms. The normalized spacial score (nSPS) is 18.4. The number of nitrogens with zero attached hydrogens (tertiary/aromatic N) is 1. The lowest BCUT2D eigenvalue weighted by molar-refractivity contribution is 0.512. The summed E-state index contributed by atoms with van der Waals surface area (Å²) >= 11 is 5.48. The SMILES string of the molecule is NNC(CSC1CCCCC1)Cc1ccc(Br)cn1. The van der Waals surface area contributed by atoms with Gasteiger partial charge in [0.25, 0.3) is 0 Å². The average molecular weight is 344 g/mol. The number of halogens is 1. The fraction of sp³-hybridized carbons (Fsp3) is 0.643. The second kappa shape index (κ2) is 8.25. The van der Waals surface area contributed by atoms with Gasteiger partial charge in [-0.15, -0.1) is 0 Å². The van der Waals surface area contributed by atoms with Crippen molar-refractivity contribution in [2.75, 3.05) is 5.75 Å². The second-order valence-corrected chi connectivity index (χ2v) is 7.38. The summed E-state index contributed by atoms with van der Waals surface area (Å²) in [7, 11) is 0. The van der Waals surface area contributed by atoms with Crippen LogP contribution in [0, 0.1) is 0 Å². The van der Waals surface area contributed by atoms with E-state index in [4.69, 9.17) is 5.84 Å². The van der Waals surface area contributed by atoms with Gasteiger partial charge in [-0.3, -0.25) is 16.3 Å². The zero-order valence-corrected chi connectivity index (χ0v) is 13.5. The van der Waals surface area contributed by atoms with Crippen LogP contribution in [0.15, 0.2) is 22.8 Å². The Bertz CT molecular complexity index is 365. The molecule has 2 rings (SSSR count). The lowest BCUT2D eigenvalue weighted by Gasteiger charge is -2.23. The Morgan fingerprint density at radius 1 is 1.37 bits per heavy atom. The number of nitrogens with one attached hydrogen (secondary N) is 1. The number of thioether (sulfide) groups is 1. The van der Waals surface area contributed by atoms with Crippen LogP contribution in [0.4, 0.5) is 0 Å². The first-order chi connectivity index (χ1) is 9.28. The van der Waals surface area contributed by atoms with E-state index in [1.54, 1.807) is 0 Å². The lowest BCUT2D eigenvalue weighted by Crippen LogP contribution is -2.39. The van der Waals surface area contributed by atoms with E-state index in [2.05, 4.69) is 44.2 Å². The molecular formula is C14H22BrN3S. The highest BCUT2D eigenvalue weighted by Gasteiger charge is 2.16. The molecule has 1 aromatic rings. The number of aromatic nitrogens is 1. The van der Waals surface area contributed by atoms with Gasteiger partial charge in [0.15, 0.2) is 0 Å². The van der Waals surface area contributed by atoms with Crippen molar-refractivity contribution in [2.24, 2.45) is 5.84 Å². The summed E-state index contributed by atoms with van der Waals surface area (Å²) < 4.78 is 1.02.